The first-order valence-corrected chi connectivity index (χ1v) is 11.2. The van der Waals surface area contributed by atoms with Crippen LogP contribution in [0.5, 0.6) is 0 Å². The molecule has 0 aliphatic heterocycles. The number of hydrogen-bond acceptors (Lipinski definition) is 0. The summed E-state index contributed by atoms with van der Waals surface area (Å²) in [5.74, 6) is -0.171. The first-order chi connectivity index (χ1) is 14.4. The molecule has 0 spiro atoms. The Hall–Kier alpha value is -2.12. The fourth-order valence-corrected chi connectivity index (χ4v) is 1.83. The molecule has 168 valence electrons. The summed E-state index contributed by atoms with van der Waals surface area (Å²) in [6, 6.07) is 22.6. The summed E-state index contributed by atoms with van der Waals surface area (Å²) < 4.78 is 12.1. The van der Waals surface area contributed by atoms with Crippen molar-refractivity contribution in [2.45, 2.75) is 69.2 Å². The summed E-state index contributed by atoms with van der Waals surface area (Å²) in [6.07, 6.45) is 0. The van der Waals surface area contributed by atoms with Crippen molar-refractivity contribution in [1.29, 1.82) is 0 Å². The van der Waals surface area contributed by atoms with Crippen LogP contribution in [0.2, 0.25) is 5.02 Å². The van der Waals surface area contributed by atoms with Gasteiger partial charge in [-0.25, -0.2) is 4.39 Å². The molecule has 0 saturated carbocycles. The minimum atomic E-state index is -0.171. The molecule has 0 radical (unpaired) electrons. The van der Waals surface area contributed by atoms with E-state index in [4.69, 9.17) is 11.6 Å². The summed E-state index contributed by atoms with van der Waals surface area (Å²) in [7, 11) is 0. The molecule has 0 atom stereocenters. The highest BCUT2D eigenvalue weighted by atomic mass is 35.5. The SMILES string of the molecule is CC.CC.CC.Cc1ccc(C)cc1.Cc1ccc(Cl)cc1.Cc1ccc(F)cc1. The van der Waals surface area contributed by atoms with Gasteiger partial charge in [-0.3, -0.25) is 0 Å². The molecular formula is C28H42ClF. The number of aryl methyl sites for hydroxylation is 4. The normalized spacial score (nSPS) is 8.00. The minimum Gasteiger partial charge on any atom is -0.207 e. The van der Waals surface area contributed by atoms with Gasteiger partial charge in [0.05, 0.1) is 0 Å². The molecule has 0 unspecified atom stereocenters. The van der Waals surface area contributed by atoms with Gasteiger partial charge in [-0.05, 0) is 52.0 Å². The fourth-order valence-electron chi connectivity index (χ4n) is 1.70. The third-order valence-corrected chi connectivity index (χ3v) is 3.49. The van der Waals surface area contributed by atoms with Gasteiger partial charge in [0.15, 0.2) is 0 Å². The first-order valence-electron chi connectivity index (χ1n) is 10.8. The molecule has 0 bridgehead atoms. The second kappa shape index (κ2) is 23.2. The second-order valence-electron chi connectivity index (χ2n) is 5.75. The Bertz CT molecular complexity index is 533. The third kappa shape index (κ3) is 20.6. The van der Waals surface area contributed by atoms with E-state index in [1.807, 2.05) is 79.7 Å². The molecule has 0 heterocycles. The van der Waals surface area contributed by atoms with Gasteiger partial charge in [-0.15, -0.1) is 0 Å². The van der Waals surface area contributed by atoms with Gasteiger partial charge in [-0.1, -0.05) is 124 Å². The van der Waals surface area contributed by atoms with Crippen LogP contribution in [-0.4, -0.2) is 0 Å². The molecule has 30 heavy (non-hydrogen) atoms. The van der Waals surface area contributed by atoms with Crippen molar-refractivity contribution in [3.8, 4) is 0 Å². The molecule has 0 saturated heterocycles. The van der Waals surface area contributed by atoms with E-state index < -0.39 is 0 Å². The van der Waals surface area contributed by atoms with E-state index >= 15 is 0 Å². The smallest absolute Gasteiger partial charge is 0.123 e. The summed E-state index contributed by atoms with van der Waals surface area (Å²) in [6.45, 7) is 20.2. The minimum absolute atomic E-state index is 0.171. The average molecular weight is 433 g/mol. The Kier molecular flexibility index (Phi) is 25.1. The van der Waals surface area contributed by atoms with E-state index in [0.29, 0.717) is 0 Å². The summed E-state index contributed by atoms with van der Waals surface area (Å²) >= 11 is 5.61. The monoisotopic (exact) mass is 432 g/mol. The highest BCUT2D eigenvalue weighted by Crippen LogP contribution is 2.07. The third-order valence-electron chi connectivity index (χ3n) is 3.24. The lowest BCUT2D eigenvalue weighted by Gasteiger charge is -1.90. The van der Waals surface area contributed by atoms with Crippen molar-refractivity contribution in [2.24, 2.45) is 0 Å². The van der Waals surface area contributed by atoms with Crippen molar-refractivity contribution >= 4 is 11.6 Å². The van der Waals surface area contributed by atoms with Crippen molar-refractivity contribution in [3.63, 3.8) is 0 Å². The molecule has 0 aromatic heterocycles. The fraction of sp³-hybridized carbons (Fsp3) is 0.357. The van der Waals surface area contributed by atoms with Crippen molar-refractivity contribution < 1.29 is 4.39 Å². The lowest BCUT2D eigenvalue weighted by Crippen LogP contribution is -1.71. The van der Waals surface area contributed by atoms with E-state index in [1.165, 1.54) is 28.8 Å². The molecule has 0 nitrogen and oxygen atoms in total. The van der Waals surface area contributed by atoms with Crippen LogP contribution < -0.4 is 0 Å². The quantitative estimate of drug-likeness (QED) is 0.331. The number of hydrogen-bond donors (Lipinski definition) is 0. The van der Waals surface area contributed by atoms with Crippen LogP contribution in [-0.2, 0) is 0 Å². The van der Waals surface area contributed by atoms with Crippen LogP contribution in [0.1, 0.15) is 63.8 Å². The van der Waals surface area contributed by atoms with Crippen molar-refractivity contribution in [1.82, 2.24) is 0 Å². The standard InChI is InChI=1S/C8H10.C7H7Cl.C7H7F.3C2H6/c1-7-3-5-8(2)6-4-7;2*1-6-2-4-7(8)5-3-6;3*1-2/h3-6H,1-2H3;2*2-5H,1H3;3*1-2H3. The molecular weight excluding hydrogens is 391 g/mol. The van der Waals surface area contributed by atoms with E-state index in [2.05, 4.69) is 38.1 Å². The van der Waals surface area contributed by atoms with Crippen LogP contribution in [0.4, 0.5) is 4.39 Å². The molecule has 2 heteroatoms. The molecule has 3 aromatic carbocycles. The van der Waals surface area contributed by atoms with Gasteiger partial charge in [0.2, 0.25) is 0 Å². The molecule has 3 rings (SSSR count). The highest BCUT2D eigenvalue weighted by Gasteiger charge is 1.84. The van der Waals surface area contributed by atoms with Gasteiger partial charge in [0.25, 0.3) is 0 Å². The second-order valence-corrected chi connectivity index (χ2v) is 6.18. The Morgan fingerprint density at radius 1 is 0.433 bits per heavy atom. The Morgan fingerprint density at radius 3 is 0.833 bits per heavy atom. The number of halogens is 2. The first kappa shape index (κ1) is 32.5. The van der Waals surface area contributed by atoms with Gasteiger partial charge in [-0.2, -0.15) is 0 Å². The Morgan fingerprint density at radius 2 is 0.633 bits per heavy atom. The van der Waals surface area contributed by atoms with Gasteiger partial charge in [0, 0.05) is 5.02 Å². The topological polar surface area (TPSA) is 0 Å². The maximum atomic E-state index is 12.1. The summed E-state index contributed by atoms with van der Waals surface area (Å²) in [5.41, 5.74) is 4.99. The zero-order valence-electron chi connectivity index (χ0n) is 20.7. The van der Waals surface area contributed by atoms with Crippen LogP contribution in [0, 0.1) is 33.5 Å². The molecule has 0 aliphatic rings. The Labute approximate surface area is 191 Å². The van der Waals surface area contributed by atoms with Crippen molar-refractivity contribution in [2.75, 3.05) is 0 Å². The van der Waals surface area contributed by atoms with Crippen LogP contribution in [0.15, 0.2) is 72.8 Å². The Balaban J connectivity index is -0.000000323. The largest absolute Gasteiger partial charge is 0.207 e. The average Bonchev–Trinajstić information content (AvgIpc) is 2.79. The summed E-state index contributed by atoms with van der Waals surface area (Å²) in [5, 5.41) is 0.801. The zero-order valence-corrected chi connectivity index (χ0v) is 21.4. The number of rotatable bonds is 0. The number of benzene rings is 3. The van der Waals surface area contributed by atoms with Crippen LogP contribution in [0.3, 0.4) is 0 Å². The van der Waals surface area contributed by atoms with Gasteiger partial charge >= 0.3 is 0 Å². The van der Waals surface area contributed by atoms with Crippen molar-refractivity contribution in [3.05, 3.63) is 106 Å². The maximum absolute atomic E-state index is 12.1. The van der Waals surface area contributed by atoms with Gasteiger partial charge < -0.3 is 0 Å². The lowest BCUT2D eigenvalue weighted by atomic mass is 10.2. The molecule has 0 fully saturated rings. The molecule has 0 amide bonds. The van der Waals surface area contributed by atoms with Gasteiger partial charge in [0.1, 0.15) is 5.82 Å². The highest BCUT2D eigenvalue weighted by molar-refractivity contribution is 6.30. The van der Waals surface area contributed by atoms with Crippen LogP contribution in [0.25, 0.3) is 0 Å². The lowest BCUT2D eigenvalue weighted by molar-refractivity contribution is 0.627. The van der Waals surface area contributed by atoms with Crippen LogP contribution >= 0.6 is 11.6 Å². The van der Waals surface area contributed by atoms with E-state index in [9.17, 15) is 4.39 Å². The molecule has 0 N–H and O–H groups in total. The summed E-state index contributed by atoms with van der Waals surface area (Å²) in [4.78, 5) is 0. The molecule has 3 aromatic rings. The maximum Gasteiger partial charge on any atom is 0.123 e. The van der Waals surface area contributed by atoms with E-state index in [0.717, 1.165) is 10.6 Å². The van der Waals surface area contributed by atoms with E-state index in [1.54, 1.807) is 12.1 Å². The predicted octanol–water partition coefficient (Wildman–Crippen LogP) is 10.2. The van der Waals surface area contributed by atoms with E-state index in [-0.39, 0.29) is 5.82 Å². The molecule has 0 aliphatic carbocycles. The zero-order chi connectivity index (χ0) is 23.9. The predicted molar refractivity (Wildman–Crippen MR) is 137 cm³/mol.